The zero-order valence-electron chi connectivity index (χ0n) is 11.2. The van der Waals surface area contributed by atoms with Gasteiger partial charge >= 0.3 is 0 Å². The van der Waals surface area contributed by atoms with Crippen molar-refractivity contribution >= 4 is 29.0 Å². The zero-order chi connectivity index (χ0) is 14.3. The molecule has 0 unspecified atom stereocenters. The summed E-state index contributed by atoms with van der Waals surface area (Å²) in [6.07, 6.45) is 1.90. The van der Waals surface area contributed by atoms with Gasteiger partial charge in [0.25, 0.3) is 5.91 Å². The molecule has 2 heterocycles. The molecule has 0 aliphatic carbocycles. The van der Waals surface area contributed by atoms with Crippen LogP contribution in [0.5, 0.6) is 0 Å². The van der Waals surface area contributed by atoms with E-state index < -0.39 is 5.60 Å². The van der Waals surface area contributed by atoms with E-state index in [-0.39, 0.29) is 24.2 Å². The standard InChI is InChI=1S/C15H16ClNO3/c1-2-4-10-7-9(18)8-15(20-10)13-11(16)5-3-6-12(13)17-14(15)19/h3,5-6,10H,2,4,7-8H2,1H3,(H,17,19)/t10-,15+/m1/s1. The Balaban J connectivity index is 2.07. The summed E-state index contributed by atoms with van der Waals surface area (Å²) in [5.74, 6) is -0.229. The molecule has 1 aromatic rings. The molecule has 3 rings (SSSR count). The van der Waals surface area contributed by atoms with Crippen LogP contribution in [-0.4, -0.2) is 17.8 Å². The van der Waals surface area contributed by atoms with Crippen LogP contribution in [0.2, 0.25) is 5.02 Å². The Bertz CT molecular complexity index is 586. The lowest BCUT2D eigenvalue weighted by molar-refractivity contribution is -0.170. The molecule has 1 saturated heterocycles. The molecule has 20 heavy (non-hydrogen) atoms. The SMILES string of the molecule is CCC[C@@H]1CC(=O)C[C@@]2(O1)C(=O)Nc1cccc(Cl)c12. The number of carbonyl (C=O) groups is 2. The van der Waals surface area contributed by atoms with Crippen LogP contribution in [0.4, 0.5) is 5.69 Å². The number of carbonyl (C=O) groups excluding carboxylic acids is 2. The summed E-state index contributed by atoms with van der Waals surface area (Å²) in [5.41, 5.74) is 0.0244. The molecular formula is C15H16ClNO3. The van der Waals surface area contributed by atoms with Crippen LogP contribution in [0, 0.1) is 0 Å². The molecule has 2 aliphatic heterocycles. The number of hydrogen-bond donors (Lipinski definition) is 1. The second kappa shape index (κ2) is 4.86. The first-order valence-corrected chi connectivity index (χ1v) is 7.24. The van der Waals surface area contributed by atoms with E-state index in [0.29, 0.717) is 22.7 Å². The third-order valence-electron chi connectivity index (χ3n) is 3.91. The highest BCUT2D eigenvalue weighted by atomic mass is 35.5. The normalized spacial score (nSPS) is 28.6. The number of nitrogens with one attached hydrogen (secondary N) is 1. The first-order chi connectivity index (χ1) is 9.56. The van der Waals surface area contributed by atoms with Crippen LogP contribution < -0.4 is 5.32 Å². The summed E-state index contributed by atoms with van der Waals surface area (Å²) in [6, 6.07) is 5.28. The lowest BCUT2D eigenvalue weighted by Gasteiger charge is -2.36. The number of anilines is 1. The summed E-state index contributed by atoms with van der Waals surface area (Å²) in [4.78, 5) is 24.5. The van der Waals surface area contributed by atoms with Gasteiger partial charge < -0.3 is 10.1 Å². The fraction of sp³-hybridized carbons (Fsp3) is 0.467. The van der Waals surface area contributed by atoms with Crippen LogP contribution in [0.1, 0.15) is 38.2 Å². The molecule has 1 spiro atoms. The Hall–Kier alpha value is -1.39. The van der Waals surface area contributed by atoms with Crippen molar-refractivity contribution in [3.05, 3.63) is 28.8 Å². The van der Waals surface area contributed by atoms with Crippen LogP contribution in [-0.2, 0) is 19.9 Å². The van der Waals surface area contributed by atoms with Gasteiger partial charge in [0.2, 0.25) is 0 Å². The van der Waals surface area contributed by atoms with Gasteiger partial charge in [-0.2, -0.15) is 0 Å². The van der Waals surface area contributed by atoms with Gasteiger partial charge in [-0.1, -0.05) is 31.0 Å². The van der Waals surface area contributed by atoms with E-state index in [0.717, 1.165) is 12.8 Å². The van der Waals surface area contributed by atoms with Crippen molar-refractivity contribution < 1.29 is 14.3 Å². The number of fused-ring (bicyclic) bond motifs is 2. The lowest BCUT2D eigenvalue weighted by Crippen LogP contribution is -2.47. The van der Waals surface area contributed by atoms with Crippen molar-refractivity contribution in [1.29, 1.82) is 0 Å². The van der Waals surface area contributed by atoms with Crippen molar-refractivity contribution in [2.24, 2.45) is 0 Å². The van der Waals surface area contributed by atoms with Crippen LogP contribution in [0.15, 0.2) is 18.2 Å². The van der Waals surface area contributed by atoms with Crippen molar-refractivity contribution in [2.45, 2.75) is 44.3 Å². The monoisotopic (exact) mass is 293 g/mol. The van der Waals surface area contributed by atoms with E-state index in [1.54, 1.807) is 18.2 Å². The summed E-state index contributed by atoms with van der Waals surface area (Å²) in [5, 5.41) is 3.25. The molecule has 0 radical (unpaired) electrons. The average Bonchev–Trinajstić information content (AvgIpc) is 2.63. The van der Waals surface area contributed by atoms with Crippen LogP contribution >= 0.6 is 11.6 Å². The highest BCUT2D eigenvalue weighted by Crippen LogP contribution is 2.48. The van der Waals surface area contributed by atoms with Crippen molar-refractivity contribution in [3.8, 4) is 0 Å². The molecule has 0 saturated carbocycles. The van der Waals surface area contributed by atoms with Crippen LogP contribution in [0.3, 0.4) is 0 Å². The molecule has 106 valence electrons. The van der Waals surface area contributed by atoms with Gasteiger partial charge in [0.05, 0.1) is 6.10 Å². The van der Waals surface area contributed by atoms with Crippen molar-refractivity contribution in [3.63, 3.8) is 0 Å². The Kier molecular flexibility index (Phi) is 3.30. The maximum atomic E-state index is 12.4. The largest absolute Gasteiger partial charge is 0.356 e. The molecule has 1 N–H and O–H groups in total. The minimum Gasteiger partial charge on any atom is -0.356 e. The second-order valence-corrected chi connectivity index (χ2v) is 5.80. The predicted molar refractivity (Wildman–Crippen MR) is 75.8 cm³/mol. The van der Waals surface area contributed by atoms with E-state index >= 15 is 0 Å². The topological polar surface area (TPSA) is 55.4 Å². The smallest absolute Gasteiger partial charge is 0.261 e. The Labute approximate surface area is 122 Å². The van der Waals surface area contributed by atoms with E-state index in [1.165, 1.54) is 0 Å². The van der Waals surface area contributed by atoms with Crippen molar-refractivity contribution in [2.75, 3.05) is 5.32 Å². The molecule has 1 fully saturated rings. The highest BCUT2D eigenvalue weighted by molar-refractivity contribution is 6.33. The van der Waals surface area contributed by atoms with Gasteiger partial charge in [-0.05, 0) is 18.6 Å². The molecule has 2 aliphatic rings. The van der Waals surface area contributed by atoms with Crippen LogP contribution in [0.25, 0.3) is 0 Å². The van der Waals surface area contributed by atoms with E-state index in [2.05, 4.69) is 5.32 Å². The number of rotatable bonds is 2. The minimum atomic E-state index is -1.23. The highest BCUT2D eigenvalue weighted by Gasteiger charge is 2.54. The summed E-state index contributed by atoms with van der Waals surface area (Å²) < 4.78 is 6.05. The third kappa shape index (κ3) is 1.95. The number of Topliss-reactive ketones (excluding diaryl/α,β-unsaturated/α-hetero) is 1. The fourth-order valence-electron chi connectivity index (χ4n) is 3.11. The summed E-state index contributed by atoms with van der Waals surface area (Å²) in [6.45, 7) is 2.03. The average molecular weight is 294 g/mol. The van der Waals surface area contributed by atoms with Crippen molar-refractivity contribution in [1.82, 2.24) is 0 Å². The number of ether oxygens (including phenoxy) is 1. The minimum absolute atomic E-state index is 0.0534. The number of benzene rings is 1. The predicted octanol–water partition coefficient (Wildman–Crippen LogP) is 3.04. The summed E-state index contributed by atoms with van der Waals surface area (Å²) in [7, 11) is 0. The molecule has 5 heteroatoms. The lowest BCUT2D eigenvalue weighted by atomic mass is 9.84. The molecule has 0 aromatic heterocycles. The molecule has 1 amide bonds. The summed E-state index contributed by atoms with van der Waals surface area (Å²) >= 11 is 6.25. The molecule has 4 nitrogen and oxygen atoms in total. The quantitative estimate of drug-likeness (QED) is 0.912. The van der Waals surface area contributed by atoms with Gasteiger partial charge in [0.1, 0.15) is 5.78 Å². The molecule has 0 bridgehead atoms. The molecular weight excluding hydrogens is 278 g/mol. The molecule has 1 aromatic carbocycles. The first-order valence-electron chi connectivity index (χ1n) is 6.87. The van der Waals surface area contributed by atoms with Gasteiger partial charge in [-0.25, -0.2) is 0 Å². The number of ketones is 1. The third-order valence-corrected chi connectivity index (χ3v) is 4.23. The number of halogens is 1. The van der Waals surface area contributed by atoms with E-state index in [9.17, 15) is 9.59 Å². The second-order valence-electron chi connectivity index (χ2n) is 5.39. The Morgan fingerprint density at radius 1 is 1.45 bits per heavy atom. The van der Waals surface area contributed by atoms with Gasteiger partial charge in [-0.3, -0.25) is 9.59 Å². The maximum Gasteiger partial charge on any atom is 0.261 e. The Morgan fingerprint density at radius 2 is 2.25 bits per heavy atom. The maximum absolute atomic E-state index is 12.4. The van der Waals surface area contributed by atoms with Gasteiger partial charge in [-0.15, -0.1) is 0 Å². The van der Waals surface area contributed by atoms with E-state index in [1.807, 2.05) is 6.92 Å². The van der Waals surface area contributed by atoms with Gasteiger partial charge in [0, 0.05) is 29.1 Å². The Morgan fingerprint density at radius 3 is 3.00 bits per heavy atom. The number of amides is 1. The molecule has 2 atom stereocenters. The fourth-order valence-corrected chi connectivity index (χ4v) is 3.44. The van der Waals surface area contributed by atoms with E-state index in [4.69, 9.17) is 16.3 Å². The zero-order valence-corrected chi connectivity index (χ0v) is 12.0. The number of hydrogen-bond acceptors (Lipinski definition) is 3. The van der Waals surface area contributed by atoms with Gasteiger partial charge in [0.15, 0.2) is 5.60 Å². The first kappa shape index (κ1) is 13.6.